The lowest BCUT2D eigenvalue weighted by molar-refractivity contribution is 1.26. The maximum atomic E-state index is 4.53. The summed E-state index contributed by atoms with van der Waals surface area (Å²) in [5, 5.41) is 7.14. The van der Waals surface area contributed by atoms with Crippen molar-refractivity contribution in [2.45, 2.75) is 6.92 Å². The summed E-state index contributed by atoms with van der Waals surface area (Å²) in [4.78, 5) is 8.61. The van der Waals surface area contributed by atoms with E-state index in [1.165, 1.54) is 11.3 Å². The molecule has 0 bridgehead atoms. The number of aromatic nitrogens is 2. The Hall–Kier alpha value is -2.53. The van der Waals surface area contributed by atoms with Gasteiger partial charge in [-0.3, -0.25) is 10.4 Å². The Bertz CT molecular complexity index is 735. The number of hydrazone groups is 1. The molecule has 0 aliphatic heterocycles. The molecule has 0 fully saturated rings. The Kier molecular flexibility index (Phi) is 4.02. The summed E-state index contributed by atoms with van der Waals surface area (Å²) in [5.74, 6) is 0. The van der Waals surface area contributed by atoms with E-state index >= 15 is 0 Å². The molecule has 21 heavy (non-hydrogen) atoms. The largest absolute Gasteiger partial charge is 0.264 e. The number of nitrogens with one attached hydrogen (secondary N) is 1. The van der Waals surface area contributed by atoms with E-state index in [4.69, 9.17) is 0 Å². The van der Waals surface area contributed by atoms with Crippen molar-refractivity contribution in [3.05, 3.63) is 65.8 Å². The zero-order valence-corrected chi connectivity index (χ0v) is 12.3. The van der Waals surface area contributed by atoms with Gasteiger partial charge in [0.1, 0.15) is 0 Å². The van der Waals surface area contributed by atoms with Gasteiger partial charge < -0.3 is 0 Å². The fourth-order valence-corrected chi connectivity index (χ4v) is 2.50. The Balaban J connectivity index is 1.73. The molecule has 0 spiro atoms. The summed E-state index contributed by atoms with van der Waals surface area (Å²) < 4.78 is 0. The molecule has 1 N–H and O–H groups in total. The van der Waals surface area contributed by atoms with Gasteiger partial charge >= 0.3 is 0 Å². The molecular weight excluding hydrogens is 280 g/mol. The number of nitrogens with zero attached hydrogens (tertiary/aromatic N) is 3. The Morgan fingerprint density at radius 2 is 2.00 bits per heavy atom. The molecule has 0 saturated heterocycles. The number of thiazole rings is 1. The lowest BCUT2D eigenvalue weighted by atomic mass is 10.2. The van der Waals surface area contributed by atoms with E-state index in [0.29, 0.717) is 0 Å². The van der Waals surface area contributed by atoms with Crippen LogP contribution < -0.4 is 5.43 Å². The highest BCUT2D eigenvalue weighted by Gasteiger charge is 2.03. The highest BCUT2D eigenvalue weighted by Crippen LogP contribution is 2.24. The maximum absolute atomic E-state index is 4.53. The van der Waals surface area contributed by atoms with Crippen LogP contribution in [0.4, 0.5) is 5.13 Å². The molecule has 0 radical (unpaired) electrons. The molecule has 2 heterocycles. The minimum Gasteiger partial charge on any atom is -0.264 e. The number of pyridine rings is 1. The van der Waals surface area contributed by atoms with Gasteiger partial charge in [0.15, 0.2) is 0 Å². The van der Waals surface area contributed by atoms with Gasteiger partial charge in [0.05, 0.1) is 11.4 Å². The second kappa shape index (κ2) is 6.28. The fourth-order valence-electron chi connectivity index (χ4n) is 1.84. The van der Waals surface area contributed by atoms with Crippen LogP contribution in [0.3, 0.4) is 0 Å². The Morgan fingerprint density at radius 1 is 1.14 bits per heavy atom. The number of anilines is 1. The summed E-state index contributed by atoms with van der Waals surface area (Å²) in [6.07, 6.45) is 3.54. The van der Waals surface area contributed by atoms with Crippen LogP contribution in [-0.2, 0) is 0 Å². The first-order chi connectivity index (χ1) is 10.3. The SMILES string of the molecule is C/C(=N/Nc1nc(-c2ccccc2)cs1)c1cccnc1. The predicted octanol–water partition coefficient (Wildman–Crippen LogP) is 4.04. The maximum Gasteiger partial charge on any atom is 0.203 e. The second-order valence-corrected chi connectivity index (χ2v) is 5.31. The van der Waals surface area contributed by atoms with Crippen molar-refractivity contribution in [3.8, 4) is 11.3 Å². The fraction of sp³-hybridized carbons (Fsp3) is 0.0625. The van der Waals surface area contributed by atoms with E-state index < -0.39 is 0 Å². The molecule has 0 amide bonds. The van der Waals surface area contributed by atoms with Crippen LogP contribution in [0.15, 0.2) is 65.3 Å². The van der Waals surface area contributed by atoms with Crippen molar-refractivity contribution in [1.29, 1.82) is 0 Å². The van der Waals surface area contributed by atoms with Crippen LogP contribution in [0.5, 0.6) is 0 Å². The third-order valence-corrected chi connectivity index (χ3v) is 3.72. The van der Waals surface area contributed by atoms with Gasteiger partial charge in [-0.2, -0.15) is 5.10 Å². The minimum atomic E-state index is 0.775. The Morgan fingerprint density at radius 3 is 2.76 bits per heavy atom. The minimum absolute atomic E-state index is 0.775. The van der Waals surface area contributed by atoms with E-state index in [-0.39, 0.29) is 0 Å². The van der Waals surface area contributed by atoms with E-state index in [2.05, 4.69) is 20.5 Å². The smallest absolute Gasteiger partial charge is 0.203 e. The molecule has 104 valence electrons. The molecule has 0 atom stereocenters. The number of benzene rings is 1. The highest BCUT2D eigenvalue weighted by atomic mass is 32.1. The molecule has 0 saturated carbocycles. The van der Waals surface area contributed by atoms with Crippen molar-refractivity contribution < 1.29 is 0 Å². The quantitative estimate of drug-likeness (QED) is 0.583. The molecule has 3 aromatic rings. The molecule has 0 aliphatic carbocycles. The third-order valence-electron chi connectivity index (χ3n) is 2.97. The van der Waals surface area contributed by atoms with Gasteiger partial charge in [0.2, 0.25) is 5.13 Å². The lowest BCUT2D eigenvalue weighted by Gasteiger charge is -2.00. The van der Waals surface area contributed by atoms with Crippen LogP contribution in [-0.4, -0.2) is 15.7 Å². The molecule has 1 aromatic carbocycles. The van der Waals surface area contributed by atoms with Crippen LogP contribution in [0.2, 0.25) is 0 Å². The molecule has 4 nitrogen and oxygen atoms in total. The van der Waals surface area contributed by atoms with Crippen molar-refractivity contribution in [3.63, 3.8) is 0 Å². The summed E-state index contributed by atoms with van der Waals surface area (Å²) in [6, 6.07) is 14.0. The average Bonchev–Trinajstić information content (AvgIpc) is 3.03. The van der Waals surface area contributed by atoms with Crippen LogP contribution in [0.25, 0.3) is 11.3 Å². The second-order valence-electron chi connectivity index (χ2n) is 4.45. The normalized spacial score (nSPS) is 11.4. The monoisotopic (exact) mass is 294 g/mol. The molecule has 5 heteroatoms. The molecular formula is C16H14N4S. The summed E-state index contributed by atoms with van der Waals surface area (Å²) in [5.41, 5.74) is 6.93. The van der Waals surface area contributed by atoms with Gasteiger partial charge in [-0.15, -0.1) is 11.3 Å². The third kappa shape index (κ3) is 3.32. The molecule has 2 aromatic heterocycles. The number of hydrogen-bond acceptors (Lipinski definition) is 5. The Labute approximate surface area is 127 Å². The van der Waals surface area contributed by atoms with Crippen molar-refractivity contribution in [2.24, 2.45) is 5.10 Å². The van der Waals surface area contributed by atoms with Gasteiger partial charge in [0, 0.05) is 28.9 Å². The first-order valence-corrected chi connectivity index (χ1v) is 7.42. The zero-order chi connectivity index (χ0) is 14.5. The molecule has 3 rings (SSSR count). The van der Waals surface area contributed by atoms with Gasteiger partial charge in [-0.05, 0) is 13.0 Å². The topological polar surface area (TPSA) is 50.2 Å². The van der Waals surface area contributed by atoms with E-state index in [9.17, 15) is 0 Å². The summed E-state index contributed by atoms with van der Waals surface area (Å²) in [6.45, 7) is 1.94. The zero-order valence-electron chi connectivity index (χ0n) is 11.5. The molecule has 0 unspecified atom stereocenters. The molecule has 0 aliphatic rings. The van der Waals surface area contributed by atoms with E-state index in [0.717, 1.165) is 27.7 Å². The highest BCUT2D eigenvalue weighted by molar-refractivity contribution is 7.14. The summed E-state index contributed by atoms with van der Waals surface area (Å²) in [7, 11) is 0. The van der Waals surface area contributed by atoms with Gasteiger partial charge in [-0.1, -0.05) is 36.4 Å². The average molecular weight is 294 g/mol. The van der Waals surface area contributed by atoms with Gasteiger partial charge in [-0.25, -0.2) is 4.98 Å². The standard InChI is InChI=1S/C16H14N4S/c1-12(14-8-5-9-17-10-14)19-20-16-18-15(11-21-16)13-6-3-2-4-7-13/h2-11H,1H3,(H,18,20)/b19-12-. The van der Waals surface area contributed by atoms with Crippen LogP contribution in [0.1, 0.15) is 12.5 Å². The first-order valence-electron chi connectivity index (χ1n) is 6.54. The predicted molar refractivity (Wildman–Crippen MR) is 87.6 cm³/mol. The lowest BCUT2D eigenvalue weighted by Crippen LogP contribution is -1.99. The van der Waals surface area contributed by atoms with Crippen LogP contribution >= 0.6 is 11.3 Å². The first kappa shape index (κ1) is 13.5. The number of rotatable bonds is 4. The van der Waals surface area contributed by atoms with Crippen molar-refractivity contribution >= 4 is 22.2 Å². The van der Waals surface area contributed by atoms with Gasteiger partial charge in [0.25, 0.3) is 0 Å². The number of hydrogen-bond donors (Lipinski definition) is 1. The summed E-state index contributed by atoms with van der Waals surface area (Å²) >= 11 is 1.54. The van der Waals surface area contributed by atoms with Crippen molar-refractivity contribution in [1.82, 2.24) is 9.97 Å². The van der Waals surface area contributed by atoms with Crippen LogP contribution in [0, 0.1) is 0 Å². The van der Waals surface area contributed by atoms with E-state index in [1.54, 1.807) is 12.4 Å². The van der Waals surface area contributed by atoms with E-state index in [1.807, 2.05) is 54.8 Å². The van der Waals surface area contributed by atoms with Crippen molar-refractivity contribution in [2.75, 3.05) is 5.43 Å².